The molecule has 0 radical (unpaired) electrons. The summed E-state index contributed by atoms with van der Waals surface area (Å²) in [6.45, 7) is 2.97. The predicted molar refractivity (Wildman–Crippen MR) is 44.5 cm³/mol. The molecule has 0 spiro atoms. The van der Waals surface area contributed by atoms with Gasteiger partial charge in [0.1, 0.15) is 11.6 Å². The second-order valence-corrected chi connectivity index (χ2v) is 2.92. The van der Waals surface area contributed by atoms with Crippen LogP contribution in [0.5, 0.6) is 0 Å². The van der Waals surface area contributed by atoms with Crippen LogP contribution >= 0.6 is 0 Å². The van der Waals surface area contributed by atoms with Gasteiger partial charge in [0.2, 0.25) is 0 Å². The van der Waals surface area contributed by atoms with Crippen molar-refractivity contribution in [2.24, 2.45) is 0 Å². The summed E-state index contributed by atoms with van der Waals surface area (Å²) in [6, 6.07) is 1.22. The molecule has 0 aliphatic heterocycles. The third kappa shape index (κ3) is 1.84. The lowest BCUT2D eigenvalue weighted by Crippen LogP contribution is -2.09. The third-order valence-corrected chi connectivity index (χ3v) is 2.07. The summed E-state index contributed by atoms with van der Waals surface area (Å²) in [5.74, 6) is -1.14. The van der Waals surface area contributed by atoms with E-state index in [-0.39, 0.29) is 12.1 Å². The molecule has 1 rings (SSSR count). The van der Waals surface area contributed by atoms with Crippen molar-refractivity contribution in [3.8, 4) is 0 Å². The fourth-order valence-corrected chi connectivity index (χ4v) is 1.17. The van der Waals surface area contributed by atoms with Crippen LogP contribution in [0.1, 0.15) is 16.7 Å². The normalized spacial score (nSPS) is 10.5. The van der Waals surface area contributed by atoms with E-state index in [4.69, 9.17) is 5.21 Å². The van der Waals surface area contributed by atoms with Crippen molar-refractivity contribution in [3.63, 3.8) is 0 Å². The molecule has 0 aliphatic rings. The molecular formula is C9H11F2NO. The van der Waals surface area contributed by atoms with Gasteiger partial charge in [-0.15, -0.1) is 0 Å². The van der Waals surface area contributed by atoms with Gasteiger partial charge in [0.05, 0.1) is 0 Å². The number of halogens is 2. The smallest absolute Gasteiger partial charge is 0.132 e. The Morgan fingerprint density at radius 3 is 2.46 bits per heavy atom. The Kier molecular flexibility index (Phi) is 2.95. The summed E-state index contributed by atoms with van der Waals surface area (Å²) in [5.41, 5.74) is 2.66. The SMILES string of the molecule is Cc1c(F)cc(CNO)c(C)c1F. The van der Waals surface area contributed by atoms with E-state index in [0.717, 1.165) is 0 Å². The van der Waals surface area contributed by atoms with Gasteiger partial charge in [-0.3, -0.25) is 0 Å². The molecule has 0 heterocycles. The monoisotopic (exact) mass is 187 g/mol. The lowest BCUT2D eigenvalue weighted by atomic mass is 10.0. The maximum atomic E-state index is 13.2. The van der Waals surface area contributed by atoms with Crippen LogP contribution in [0.15, 0.2) is 6.07 Å². The lowest BCUT2D eigenvalue weighted by molar-refractivity contribution is 0.161. The van der Waals surface area contributed by atoms with E-state index in [9.17, 15) is 8.78 Å². The number of hydrogen-bond donors (Lipinski definition) is 2. The summed E-state index contributed by atoms with van der Waals surface area (Å²) in [6.07, 6.45) is 0. The van der Waals surface area contributed by atoms with Crippen molar-refractivity contribution < 1.29 is 14.0 Å². The van der Waals surface area contributed by atoms with Gasteiger partial charge in [0.25, 0.3) is 0 Å². The maximum absolute atomic E-state index is 13.2. The Labute approximate surface area is 75.2 Å². The Bertz CT molecular complexity index is 326. The molecule has 0 saturated heterocycles. The second-order valence-electron chi connectivity index (χ2n) is 2.92. The Hall–Kier alpha value is -1.00. The van der Waals surface area contributed by atoms with Crippen LogP contribution in [-0.2, 0) is 6.54 Å². The molecular weight excluding hydrogens is 176 g/mol. The molecule has 0 unspecified atom stereocenters. The summed E-state index contributed by atoms with van der Waals surface area (Å²) in [5, 5.41) is 8.40. The lowest BCUT2D eigenvalue weighted by Gasteiger charge is -2.08. The van der Waals surface area contributed by atoms with E-state index >= 15 is 0 Å². The Morgan fingerprint density at radius 2 is 1.92 bits per heavy atom. The van der Waals surface area contributed by atoms with Gasteiger partial charge >= 0.3 is 0 Å². The maximum Gasteiger partial charge on any atom is 0.132 e. The Balaban J connectivity index is 3.24. The zero-order valence-electron chi connectivity index (χ0n) is 7.49. The van der Waals surface area contributed by atoms with Gasteiger partial charge in [0, 0.05) is 12.1 Å². The average molecular weight is 187 g/mol. The fraction of sp³-hybridized carbons (Fsp3) is 0.333. The van der Waals surface area contributed by atoms with E-state index in [1.165, 1.54) is 13.0 Å². The van der Waals surface area contributed by atoms with Crippen molar-refractivity contribution in [1.82, 2.24) is 5.48 Å². The first-order valence-electron chi connectivity index (χ1n) is 3.89. The third-order valence-electron chi connectivity index (χ3n) is 2.07. The molecule has 13 heavy (non-hydrogen) atoms. The highest BCUT2D eigenvalue weighted by Crippen LogP contribution is 2.19. The highest BCUT2D eigenvalue weighted by atomic mass is 19.1. The molecule has 0 saturated carbocycles. The van der Waals surface area contributed by atoms with Crippen molar-refractivity contribution in [2.45, 2.75) is 20.4 Å². The second kappa shape index (κ2) is 3.81. The molecule has 0 atom stereocenters. The predicted octanol–water partition coefficient (Wildman–Crippen LogP) is 2.06. The minimum Gasteiger partial charge on any atom is -0.316 e. The number of nitrogens with one attached hydrogen (secondary N) is 1. The summed E-state index contributed by atoms with van der Waals surface area (Å²) >= 11 is 0. The number of hydroxylamine groups is 1. The molecule has 1 aromatic carbocycles. The van der Waals surface area contributed by atoms with Gasteiger partial charge in [-0.25, -0.2) is 14.3 Å². The summed E-state index contributed by atoms with van der Waals surface area (Å²) < 4.78 is 26.2. The van der Waals surface area contributed by atoms with E-state index in [1.54, 1.807) is 6.92 Å². The van der Waals surface area contributed by atoms with Gasteiger partial charge in [-0.1, -0.05) is 0 Å². The van der Waals surface area contributed by atoms with Crippen molar-refractivity contribution >= 4 is 0 Å². The van der Waals surface area contributed by atoms with Gasteiger partial charge in [-0.05, 0) is 31.0 Å². The first-order valence-corrected chi connectivity index (χ1v) is 3.89. The average Bonchev–Trinajstić information content (AvgIpc) is 2.11. The molecule has 0 amide bonds. The zero-order valence-corrected chi connectivity index (χ0v) is 7.49. The van der Waals surface area contributed by atoms with Crippen LogP contribution in [0, 0.1) is 25.5 Å². The first-order chi connectivity index (χ1) is 6.07. The molecule has 0 fully saturated rings. The van der Waals surface area contributed by atoms with Crippen molar-refractivity contribution in [2.75, 3.05) is 0 Å². The van der Waals surface area contributed by atoms with E-state index in [0.29, 0.717) is 11.1 Å². The van der Waals surface area contributed by atoms with E-state index in [1.807, 2.05) is 5.48 Å². The Morgan fingerprint density at radius 1 is 1.31 bits per heavy atom. The molecule has 0 aliphatic carbocycles. The highest BCUT2D eigenvalue weighted by molar-refractivity contribution is 5.33. The van der Waals surface area contributed by atoms with Crippen molar-refractivity contribution in [1.29, 1.82) is 0 Å². The summed E-state index contributed by atoms with van der Waals surface area (Å²) in [7, 11) is 0. The minimum absolute atomic E-state index is 0.0131. The van der Waals surface area contributed by atoms with Gasteiger partial charge < -0.3 is 5.21 Å². The summed E-state index contributed by atoms with van der Waals surface area (Å²) in [4.78, 5) is 0. The van der Waals surface area contributed by atoms with Crippen LogP contribution in [0.2, 0.25) is 0 Å². The fourth-order valence-electron chi connectivity index (χ4n) is 1.17. The molecule has 0 bridgehead atoms. The number of benzene rings is 1. The minimum atomic E-state index is -0.589. The molecule has 72 valence electrons. The number of hydrogen-bond acceptors (Lipinski definition) is 2. The molecule has 4 heteroatoms. The van der Waals surface area contributed by atoms with E-state index < -0.39 is 11.6 Å². The van der Waals surface area contributed by atoms with Crippen LogP contribution < -0.4 is 5.48 Å². The quantitative estimate of drug-likeness (QED) is 0.694. The molecule has 2 N–H and O–H groups in total. The largest absolute Gasteiger partial charge is 0.316 e. The van der Waals surface area contributed by atoms with Crippen LogP contribution in [0.25, 0.3) is 0 Å². The molecule has 0 aromatic heterocycles. The highest BCUT2D eigenvalue weighted by Gasteiger charge is 2.11. The number of rotatable bonds is 2. The standard InChI is InChI=1S/C9H11F2NO/c1-5-7(4-12-13)3-8(10)6(2)9(5)11/h3,12-13H,4H2,1-2H3. The zero-order chi connectivity index (χ0) is 10.0. The molecule has 2 nitrogen and oxygen atoms in total. The van der Waals surface area contributed by atoms with Gasteiger partial charge in [-0.2, -0.15) is 0 Å². The first kappa shape index (κ1) is 10.1. The van der Waals surface area contributed by atoms with Crippen molar-refractivity contribution in [3.05, 3.63) is 34.4 Å². The van der Waals surface area contributed by atoms with E-state index in [2.05, 4.69) is 0 Å². The van der Waals surface area contributed by atoms with Gasteiger partial charge in [0.15, 0.2) is 0 Å². The molecule has 1 aromatic rings. The topological polar surface area (TPSA) is 32.3 Å². The van der Waals surface area contributed by atoms with Crippen LogP contribution in [0.3, 0.4) is 0 Å². The van der Waals surface area contributed by atoms with Crippen LogP contribution in [-0.4, -0.2) is 5.21 Å². The van der Waals surface area contributed by atoms with Crippen LogP contribution in [0.4, 0.5) is 8.78 Å².